The van der Waals surface area contributed by atoms with Crippen molar-refractivity contribution in [2.75, 3.05) is 12.4 Å². The summed E-state index contributed by atoms with van der Waals surface area (Å²) in [6.07, 6.45) is 0. The summed E-state index contributed by atoms with van der Waals surface area (Å²) >= 11 is 0. The van der Waals surface area contributed by atoms with Gasteiger partial charge in [0.2, 0.25) is 11.8 Å². The number of nitrogens with one attached hydrogen (secondary N) is 2. The molecule has 1 atom stereocenters. The van der Waals surface area contributed by atoms with Crippen LogP contribution in [0.1, 0.15) is 50.9 Å². The number of nitrogens with zero attached hydrogens (tertiary/aromatic N) is 1. The topological polar surface area (TPSA) is 93.5 Å². The van der Waals surface area contributed by atoms with Crippen LogP contribution in [0.5, 0.6) is 5.75 Å². The van der Waals surface area contributed by atoms with Gasteiger partial charge in [-0.3, -0.25) is 9.59 Å². The average molecular weight is 424 g/mol. The van der Waals surface area contributed by atoms with Crippen molar-refractivity contribution >= 4 is 28.6 Å². The second-order valence-corrected chi connectivity index (χ2v) is 8.86. The molecule has 31 heavy (non-hydrogen) atoms. The number of carbonyl (C=O) groups is 2. The monoisotopic (exact) mass is 423 g/mol. The Morgan fingerprint density at radius 2 is 1.74 bits per heavy atom. The van der Waals surface area contributed by atoms with E-state index in [-0.39, 0.29) is 23.1 Å². The fourth-order valence-corrected chi connectivity index (χ4v) is 3.05. The van der Waals surface area contributed by atoms with Crippen LogP contribution in [0.25, 0.3) is 11.1 Å². The highest BCUT2D eigenvalue weighted by Gasteiger charge is 2.25. The number of oxazole rings is 1. The molecule has 1 unspecified atom stereocenters. The Morgan fingerprint density at radius 3 is 2.32 bits per heavy atom. The third-order valence-corrected chi connectivity index (χ3v) is 4.88. The van der Waals surface area contributed by atoms with E-state index in [1.807, 2.05) is 34.6 Å². The Morgan fingerprint density at radius 1 is 1.06 bits per heavy atom. The van der Waals surface area contributed by atoms with Crippen LogP contribution in [-0.4, -0.2) is 29.9 Å². The van der Waals surface area contributed by atoms with E-state index in [0.29, 0.717) is 34.0 Å². The van der Waals surface area contributed by atoms with Crippen molar-refractivity contribution in [1.82, 2.24) is 10.3 Å². The minimum atomic E-state index is -0.701. The molecule has 0 saturated carbocycles. The van der Waals surface area contributed by atoms with Crippen LogP contribution in [0.15, 0.2) is 46.9 Å². The lowest BCUT2D eigenvalue weighted by atomic mass is 9.97. The lowest BCUT2D eigenvalue weighted by molar-refractivity contribution is -0.118. The number of hydrogen-bond acceptors (Lipinski definition) is 5. The van der Waals surface area contributed by atoms with Crippen molar-refractivity contribution in [2.45, 2.75) is 46.1 Å². The van der Waals surface area contributed by atoms with Gasteiger partial charge >= 0.3 is 0 Å². The molecule has 1 heterocycles. The molecule has 0 fully saturated rings. The van der Waals surface area contributed by atoms with E-state index in [2.05, 4.69) is 15.6 Å². The maximum absolute atomic E-state index is 12.9. The van der Waals surface area contributed by atoms with Crippen molar-refractivity contribution in [1.29, 1.82) is 0 Å². The molecule has 2 N–H and O–H groups in total. The fraction of sp³-hybridized carbons (Fsp3) is 0.375. The number of amides is 2. The van der Waals surface area contributed by atoms with E-state index in [1.54, 1.807) is 49.6 Å². The molecular formula is C24H29N3O4. The number of rotatable bonds is 6. The molecule has 0 spiro atoms. The molecule has 3 rings (SSSR count). The van der Waals surface area contributed by atoms with Crippen LogP contribution in [0, 0.1) is 5.92 Å². The molecule has 0 aliphatic rings. The van der Waals surface area contributed by atoms with Crippen LogP contribution in [0.2, 0.25) is 0 Å². The van der Waals surface area contributed by atoms with E-state index in [0.717, 1.165) is 0 Å². The first-order valence-electron chi connectivity index (χ1n) is 10.3. The predicted molar refractivity (Wildman–Crippen MR) is 120 cm³/mol. The summed E-state index contributed by atoms with van der Waals surface area (Å²) in [7, 11) is 1.56. The summed E-state index contributed by atoms with van der Waals surface area (Å²) in [4.78, 5) is 30.1. The number of aromatic nitrogens is 1. The second-order valence-electron chi connectivity index (χ2n) is 8.86. The number of ether oxygens (including phenoxy) is 1. The van der Waals surface area contributed by atoms with Crippen LogP contribution in [0.4, 0.5) is 5.69 Å². The van der Waals surface area contributed by atoms with Crippen molar-refractivity contribution in [3.8, 4) is 5.75 Å². The van der Waals surface area contributed by atoms with Crippen molar-refractivity contribution in [3.63, 3.8) is 0 Å². The van der Waals surface area contributed by atoms with Crippen molar-refractivity contribution in [3.05, 3.63) is 53.9 Å². The summed E-state index contributed by atoms with van der Waals surface area (Å²) < 4.78 is 10.9. The minimum Gasteiger partial charge on any atom is -0.497 e. The zero-order chi connectivity index (χ0) is 22.8. The van der Waals surface area contributed by atoms with Gasteiger partial charge in [0.25, 0.3) is 5.91 Å². The molecule has 0 radical (unpaired) electrons. The van der Waals surface area contributed by atoms with Crippen LogP contribution >= 0.6 is 0 Å². The Balaban J connectivity index is 1.74. The maximum Gasteiger partial charge on any atom is 0.251 e. The van der Waals surface area contributed by atoms with E-state index >= 15 is 0 Å². The molecule has 3 aromatic rings. The van der Waals surface area contributed by atoms with Gasteiger partial charge in [0.05, 0.1) is 7.11 Å². The molecule has 0 bridgehead atoms. The molecule has 7 nitrogen and oxygen atoms in total. The van der Waals surface area contributed by atoms with Gasteiger partial charge in [-0.05, 0) is 48.4 Å². The first-order valence-corrected chi connectivity index (χ1v) is 10.3. The highest BCUT2D eigenvalue weighted by Crippen LogP contribution is 2.27. The summed E-state index contributed by atoms with van der Waals surface area (Å²) in [5, 5.41) is 5.71. The van der Waals surface area contributed by atoms with Gasteiger partial charge in [0, 0.05) is 16.7 Å². The van der Waals surface area contributed by atoms with Crippen LogP contribution < -0.4 is 15.4 Å². The first kappa shape index (κ1) is 22.3. The number of methoxy groups -OCH3 is 1. The van der Waals surface area contributed by atoms with E-state index in [9.17, 15) is 9.59 Å². The molecule has 0 aliphatic heterocycles. The van der Waals surface area contributed by atoms with E-state index in [1.165, 1.54) is 0 Å². The van der Waals surface area contributed by atoms with Crippen LogP contribution in [0.3, 0.4) is 0 Å². The van der Waals surface area contributed by atoms with Gasteiger partial charge in [-0.15, -0.1) is 0 Å². The molecule has 2 amide bonds. The Bertz CT molecular complexity index is 1080. The third-order valence-electron chi connectivity index (χ3n) is 4.88. The summed E-state index contributed by atoms with van der Waals surface area (Å²) in [6.45, 7) is 9.85. The van der Waals surface area contributed by atoms with Gasteiger partial charge in [0.1, 0.15) is 17.3 Å². The standard InChI is InChI=1S/C24H29N3O4/c1-14(2)20(27-21(28)15-7-10-17(30-6)11-8-15)22(29)25-16-9-12-19-18(13-16)26-23(31-19)24(3,4)5/h7-14,20H,1-6H3,(H,25,29)(H,27,28). The first-order chi connectivity index (χ1) is 14.6. The quantitative estimate of drug-likeness (QED) is 0.608. The predicted octanol–water partition coefficient (Wildman–Crippen LogP) is 4.53. The molecule has 2 aromatic carbocycles. The van der Waals surface area contributed by atoms with Gasteiger partial charge in [-0.2, -0.15) is 0 Å². The minimum absolute atomic E-state index is 0.106. The Labute approximate surface area is 182 Å². The number of anilines is 1. The van der Waals surface area contributed by atoms with Crippen molar-refractivity contribution in [2.24, 2.45) is 5.92 Å². The van der Waals surface area contributed by atoms with Gasteiger partial charge in [0.15, 0.2) is 5.58 Å². The number of carbonyl (C=O) groups excluding carboxylic acids is 2. The van der Waals surface area contributed by atoms with Gasteiger partial charge in [-0.25, -0.2) is 4.98 Å². The third kappa shape index (κ3) is 5.23. The lowest BCUT2D eigenvalue weighted by Gasteiger charge is -2.22. The molecular weight excluding hydrogens is 394 g/mol. The number of benzene rings is 2. The van der Waals surface area contributed by atoms with Gasteiger partial charge in [-0.1, -0.05) is 34.6 Å². The maximum atomic E-state index is 12.9. The SMILES string of the molecule is COc1ccc(C(=O)NC(C(=O)Nc2ccc3oc(C(C)(C)C)nc3c2)C(C)C)cc1. The summed E-state index contributed by atoms with van der Waals surface area (Å²) in [5.74, 6) is 0.574. The van der Waals surface area contributed by atoms with Crippen LogP contribution in [-0.2, 0) is 10.2 Å². The molecule has 164 valence electrons. The molecule has 7 heteroatoms. The normalized spacial score (nSPS) is 12.6. The van der Waals surface area contributed by atoms with E-state index < -0.39 is 6.04 Å². The van der Waals surface area contributed by atoms with Gasteiger partial charge < -0.3 is 19.8 Å². The summed E-state index contributed by atoms with van der Waals surface area (Å²) in [6, 6.07) is 11.4. The molecule has 0 aliphatic carbocycles. The number of hydrogen-bond donors (Lipinski definition) is 2. The largest absolute Gasteiger partial charge is 0.497 e. The molecule has 1 aromatic heterocycles. The number of fused-ring (bicyclic) bond motifs is 1. The van der Waals surface area contributed by atoms with E-state index in [4.69, 9.17) is 9.15 Å². The van der Waals surface area contributed by atoms with Crippen molar-refractivity contribution < 1.29 is 18.7 Å². The molecule has 0 saturated heterocycles. The lowest BCUT2D eigenvalue weighted by Crippen LogP contribution is -2.47. The Hall–Kier alpha value is -3.35. The second kappa shape index (κ2) is 8.79. The highest BCUT2D eigenvalue weighted by molar-refractivity contribution is 6.01. The highest BCUT2D eigenvalue weighted by atomic mass is 16.5. The smallest absolute Gasteiger partial charge is 0.251 e. The average Bonchev–Trinajstić information content (AvgIpc) is 3.15. The zero-order valence-corrected chi connectivity index (χ0v) is 18.8. The zero-order valence-electron chi connectivity index (χ0n) is 18.8. The Kier molecular flexibility index (Phi) is 6.34. The summed E-state index contributed by atoms with van der Waals surface area (Å²) in [5.41, 5.74) is 2.17. The fourth-order valence-electron chi connectivity index (χ4n) is 3.05.